The largest absolute Gasteiger partial charge is 0.426 e. The average molecular weight is 939 g/mol. The molecule has 63 heavy (non-hydrogen) atoms. The summed E-state index contributed by atoms with van der Waals surface area (Å²) in [6.07, 6.45) is -5.22. The molecule has 22 heteroatoms. The molecule has 0 bridgehead atoms. The van der Waals surface area contributed by atoms with E-state index in [4.69, 9.17) is 27.9 Å². The predicted octanol–water partition coefficient (Wildman–Crippen LogP) is 1.67. The molecule has 3 rings (SSSR count). The second-order valence-electron chi connectivity index (χ2n) is 16.6. The highest BCUT2D eigenvalue weighted by Crippen LogP contribution is 2.34. The van der Waals surface area contributed by atoms with Crippen LogP contribution in [0.5, 0.6) is 0 Å². The first kappa shape index (κ1) is 53.1. The van der Waals surface area contributed by atoms with Gasteiger partial charge in [0.05, 0.1) is 6.61 Å². The molecule has 0 unspecified atom stereocenters. The lowest BCUT2D eigenvalue weighted by atomic mass is 9.98. The molecule has 2 aliphatic heterocycles. The van der Waals surface area contributed by atoms with Crippen molar-refractivity contribution in [2.24, 2.45) is 5.92 Å². The van der Waals surface area contributed by atoms with Gasteiger partial charge in [-0.15, -0.1) is 0 Å². The molecule has 0 radical (unpaired) electrons. The first-order valence-corrected chi connectivity index (χ1v) is 21.5. The first-order chi connectivity index (χ1) is 29.4. The minimum atomic E-state index is -5.34. The maximum Gasteiger partial charge on any atom is 0.426 e. The van der Waals surface area contributed by atoms with Crippen LogP contribution in [0.2, 0.25) is 10.0 Å². The van der Waals surface area contributed by atoms with Gasteiger partial charge in [-0.3, -0.25) is 33.6 Å². The molecule has 2 saturated heterocycles. The number of likely N-dealkylation sites (tertiary alicyclic amines) is 1. The molecule has 7 atom stereocenters. The Labute approximate surface area is 375 Å². The number of benzene rings is 1. The van der Waals surface area contributed by atoms with Crippen molar-refractivity contribution in [2.75, 3.05) is 54.6 Å². The summed E-state index contributed by atoms with van der Waals surface area (Å²) in [5.74, 6) is -6.49. The Morgan fingerprint density at radius 1 is 0.984 bits per heavy atom. The molecule has 0 aromatic heterocycles. The minimum absolute atomic E-state index is 0.0140. The van der Waals surface area contributed by atoms with Gasteiger partial charge in [0.1, 0.15) is 36.3 Å². The Bertz CT molecular complexity index is 1820. The Morgan fingerprint density at radius 2 is 1.63 bits per heavy atom. The lowest BCUT2D eigenvalue weighted by Crippen LogP contribution is -2.61. The minimum Gasteiger partial charge on any atom is -0.396 e. The van der Waals surface area contributed by atoms with Crippen LogP contribution in [0.15, 0.2) is 18.2 Å². The highest BCUT2D eigenvalue weighted by molar-refractivity contribution is 6.33. The molecule has 354 valence electrons. The first-order valence-electron chi connectivity index (χ1n) is 20.7. The van der Waals surface area contributed by atoms with Crippen LogP contribution in [0.25, 0.3) is 0 Å². The summed E-state index contributed by atoms with van der Waals surface area (Å²) in [4.78, 5) is 102. The summed E-state index contributed by atoms with van der Waals surface area (Å²) in [7, 11) is 5.52. The number of hydrogen-bond donors (Lipinski definition) is 5. The number of likely N-dealkylation sites (N-methyl/N-ethyl adjacent to an activating group) is 3. The number of hydrogen-bond acceptors (Lipinski definition) is 10. The van der Waals surface area contributed by atoms with Gasteiger partial charge in [0.15, 0.2) is 0 Å². The zero-order valence-corrected chi connectivity index (χ0v) is 38.1. The van der Waals surface area contributed by atoms with Gasteiger partial charge in [-0.25, -0.2) is 0 Å². The van der Waals surface area contributed by atoms with Crippen molar-refractivity contribution in [2.45, 2.75) is 120 Å². The summed E-state index contributed by atoms with van der Waals surface area (Å²) in [6.45, 7) is 2.93. The van der Waals surface area contributed by atoms with Gasteiger partial charge in [-0.2, -0.15) is 13.2 Å². The molecule has 0 spiro atoms. The van der Waals surface area contributed by atoms with Gasteiger partial charge in [-0.1, -0.05) is 37.0 Å². The van der Waals surface area contributed by atoms with E-state index in [-0.39, 0.29) is 82.5 Å². The third-order valence-corrected chi connectivity index (χ3v) is 11.9. The van der Waals surface area contributed by atoms with E-state index >= 15 is 0 Å². The SMILES string of the molecule is COC[C@H]1NC(=O)[C@H](Cc2cc(Cl)ccc2Cl)N(C)C(=O)[C@H](CC(C)C)NC(=O)[C@@H](N(C)C(=O)[C@H](CCO)NC(=O)[C@@H]2CCCN2C(=O)[C@@](C)(O)C(F)(F)F)CCCCN(C)C1=O. The zero-order chi connectivity index (χ0) is 47.6. The molecule has 1 aromatic carbocycles. The van der Waals surface area contributed by atoms with Crippen LogP contribution in [-0.4, -0.2) is 174 Å². The van der Waals surface area contributed by atoms with E-state index in [0.717, 1.165) is 9.80 Å². The molecule has 5 N–H and O–H groups in total. The molecule has 1 aromatic rings. The average Bonchev–Trinajstić information content (AvgIpc) is 3.71. The van der Waals surface area contributed by atoms with E-state index in [1.54, 1.807) is 12.1 Å². The zero-order valence-electron chi connectivity index (χ0n) is 36.6. The fourth-order valence-electron chi connectivity index (χ4n) is 7.58. The van der Waals surface area contributed by atoms with Crippen molar-refractivity contribution in [1.29, 1.82) is 0 Å². The van der Waals surface area contributed by atoms with Crippen LogP contribution in [0.4, 0.5) is 13.2 Å². The number of carbonyl (C=O) groups is 7. The Hall–Kier alpha value is -4.24. The summed E-state index contributed by atoms with van der Waals surface area (Å²) in [5.41, 5.74) is -3.37. The van der Waals surface area contributed by atoms with Gasteiger partial charge in [-0.05, 0) is 81.5 Å². The molecule has 0 aliphatic carbocycles. The number of aliphatic hydroxyl groups excluding tert-OH is 1. The monoisotopic (exact) mass is 937 g/mol. The standard InChI is InChI=1S/C41H60Cl2F3N7O10/c1-23(2)19-28-38(60)52(6)32(21-24-20-25(42)13-14-26(24)43)35(57)49-29(22-63-7)36(58)50(4)16-9-8-11-30(33(55)48-28)51(5)37(59)27(15-18-54)47-34(56)31-12-10-17-53(31)39(61)40(3,62)41(44,45)46/h13-14,20,23,27-32,54,62H,8-12,15-19,21-22H2,1-7H3,(H,47,56)(H,48,55)(H,49,57)/t27-,28-,29+,30-,31-,32-,40+/m0/s1. The van der Waals surface area contributed by atoms with Crippen molar-refractivity contribution in [3.63, 3.8) is 0 Å². The predicted molar refractivity (Wildman–Crippen MR) is 225 cm³/mol. The number of nitrogens with zero attached hydrogens (tertiary/aromatic N) is 4. The maximum absolute atomic E-state index is 14.5. The van der Waals surface area contributed by atoms with Gasteiger partial charge in [0.2, 0.25) is 41.0 Å². The van der Waals surface area contributed by atoms with Gasteiger partial charge in [0, 0.05) is 64.4 Å². The van der Waals surface area contributed by atoms with Crippen molar-refractivity contribution < 1.29 is 61.7 Å². The van der Waals surface area contributed by atoms with Gasteiger partial charge in [0.25, 0.3) is 5.91 Å². The molecule has 2 fully saturated rings. The number of aliphatic hydroxyl groups is 2. The summed E-state index contributed by atoms with van der Waals surface area (Å²) in [5, 5.41) is 28.5. The highest BCUT2D eigenvalue weighted by Gasteiger charge is 2.58. The quantitative estimate of drug-likeness (QED) is 0.193. The number of rotatable bonds is 13. The van der Waals surface area contributed by atoms with Crippen LogP contribution < -0.4 is 16.0 Å². The highest BCUT2D eigenvalue weighted by atomic mass is 35.5. The number of carbonyl (C=O) groups excluding carboxylic acids is 7. The van der Waals surface area contributed by atoms with E-state index in [1.165, 1.54) is 39.2 Å². The number of ether oxygens (including phenoxy) is 1. The topological polar surface area (TPSA) is 218 Å². The molecule has 2 heterocycles. The van der Waals surface area contributed by atoms with Crippen LogP contribution >= 0.6 is 23.2 Å². The third-order valence-electron chi connectivity index (χ3n) is 11.3. The van der Waals surface area contributed by atoms with E-state index in [9.17, 15) is 56.9 Å². The van der Waals surface area contributed by atoms with Gasteiger partial charge < -0.3 is 50.5 Å². The normalized spacial score (nSPS) is 23.9. The van der Waals surface area contributed by atoms with Crippen LogP contribution in [-0.2, 0) is 44.7 Å². The maximum atomic E-state index is 14.5. The van der Waals surface area contributed by atoms with E-state index in [1.807, 2.05) is 13.8 Å². The van der Waals surface area contributed by atoms with E-state index in [2.05, 4.69) is 16.0 Å². The van der Waals surface area contributed by atoms with Crippen LogP contribution in [0, 0.1) is 5.92 Å². The Kier molecular flexibility index (Phi) is 19.5. The fourth-order valence-corrected chi connectivity index (χ4v) is 7.97. The third kappa shape index (κ3) is 13.6. The summed E-state index contributed by atoms with van der Waals surface area (Å²) < 4.78 is 46.0. The number of amides is 7. The molecule has 7 amide bonds. The van der Waals surface area contributed by atoms with E-state index in [0.29, 0.717) is 21.9 Å². The number of halogens is 5. The number of methoxy groups -OCH3 is 1. The van der Waals surface area contributed by atoms with Crippen molar-refractivity contribution >= 4 is 64.6 Å². The van der Waals surface area contributed by atoms with Crippen molar-refractivity contribution in [1.82, 2.24) is 35.6 Å². The lowest BCUT2D eigenvalue weighted by molar-refractivity contribution is -0.250. The van der Waals surface area contributed by atoms with Crippen molar-refractivity contribution in [3.8, 4) is 0 Å². The van der Waals surface area contributed by atoms with E-state index < -0.39 is 96.0 Å². The fraction of sp³-hybridized carbons (Fsp3) is 0.683. The molecule has 0 saturated carbocycles. The van der Waals surface area contributed by atoms with Crippen LogP contribution in [0.1, 0.15) is 71.3 Å². The Balaban J connectivity index is 2.02. The molecule has 17 nitrogen and oxygen atoms in total. The summed E-state index contributed by atoms with van der Waals surface area (Å²) >= 11 is 12.8. The smallest absolute Gasteiger partial charge is 0.396 e. The van der Waals surface area contributed by atoms with Gasteiger partial charge >= 0.3 is 6.18 Å². The summed E-state index contributed by atoms with van der Waals surface area (Å²) in [6, 6.07) is -3.40. The molecule has 2 aliphatic rings. The van der Waals surface area contributed by atoms with Crippen molar-refractivity contribution in [3.05, 3.63) is 33.8 Å². The second-order valence-corrected chi connectivity index (χ2v) is 17.5. The second kappa shape index (κ2) is 23.1. The molecular formula is C41H60Cl2F3N7O10. The lowest BCUT2D eigenvalue weighted by Gasteiger charge is -2.36. The molecular weight excluding hydrogens is 878 g/mol. The van der Waals surface area contributed by atoms with Crippen LogP contribution in [0.3, 0.4) is 0 Å². The Morgan fingerprint density at radius 3 is 2.24 bits per heavy atom. The number of alkyl halides is 3. The number of nitrogens with one attached hydrogen (secondary N) is 3.